The highest BCUT2D eigenvalue weighted by Crippen LogP contribution is 2.22. The smallest absolute Gasteiger partial charge is 0.124 e. The third-order valence-corrected chi connectivity index (χ3v) is 4.32. The summed E-state index contributed by atoms with van der Waals surface area (Å²) in [7, 11) is -9.00. The van der Waals surface area contributed by atoms with Crippen LogP contribution in [0.3, 0.4) is 0 Å². The third-order valence-electron chi connectivity index (χ3n) is 2.62. The minimum Gasteiger partial charge on any atom is -0.744 e. The Kier molecular flexibility index (Phi) is 3.65. The van der Waals surface area contributed by atoms with Crippen LogP contribution in [-0.4, -0.2) is 25.9 Å². The summed E-state index contributed by atoms with van der Waals surface area (Å²) in [5, 5.41) is 0. The maximum Gasteiger partial charge on any atom is 0.124 e. The summed E-state index contributed by atoms with van der Waals surface area (Å²) in [4.78, 5) is -0.694. The van der Waals surface area contributed by atoms with Crippen LogP contribution in [0.2, 0.25) is 0 Å². The summed E-state index contributed by atoms with van der Waals surface area (Å²) in [6.07, 6.45) is 0. The van der Waals surface area contributed by atoms with Crippen molar-refractivity contribution in [2.75, 3.05) is 0 Å². The van der Waals surface area contributed by atoms with Crippen molar-refractivity contribution in [3.05, 3.63) is 48.5 Å². The van der Waals surface area contributed by atoms with Gasteiger partial charge in [0.25, 0.3) is 0 Å². The molecule has 0 amide bonds. The fourth-order valence-corrected chi connectivity index (χ4v) is 2.57. The number of hydrogen-bond acceptors (Lipinski definition) is 6. The molecule has 2 aromatic rings. The molecule has 8 heteroatoms. The van der Waals surface area contributed by atoms with Gasteiger partial charge < -0.3 is 9.11 Å². The Morgan fingerprint density at radius 3 is 1.00 bits per heavy atom. The van der Waals surface area contributed by atoms with E-state index >= 15 is 0 Å². The molecule has 0 atom stereocenters. The average Bonchev–Trinajstić information content (AvgIpc) is 2.37. The lowest BCUT2D eigenvalue weighted by Crippen LogP contribution is -1.98. The van der Waals surface area contributed by atoms with Crippen molar-refractivity contribution in [1.82, 2.24) is 0 Å². The van der Waals surface area contributed by atoms with E-state index in [-0.39, 0.29) is 9.79 Å². The zero-order chi connectivity index (χ0) is 15.0. The lowest BCUT2D eigenvalue weighted by Gasteiger charge is -2.09. The lowest BCUT2D eigenvalue weighted by atomic mass is 10.1. The fourth-order valence-electron chi connectivity index (χ4n) is 1.63. The van der Waals surface area contributed by atoms with Gasteiger partial charge in [-0.2, -0.15) is 0 Å². The van der Waals surface area contributed by atoms with Gasteiger partial charge in [0.15, 0.2) is 0 Å². The monoisotopic (exact) mass is 312 g/mol. The van der Waals surface area contributed by atoms with Crippen molar-refractivity contribution in [3.8, 4) is 11.1 Å². The Morgan fingerprint density at radius 2 is 0.800 bits per heavy atom. The third kappa shape index (κ3) is 3.23. The molecule has 0 saturated carbocycles. The van der Waals surface area contributed by atoms with Crippen LogP contribution in [0.15, 0.2) is 58.3 Å². The largest absolute Gasteiger partial charge is 0.744 e. The summed E-state index contributed by atoms with van der Waals surface area (Å²) < 4.78 is 64.7. The molecule has 0 heterocycles. The zero-order valence-corrected chi connectivity index (χ0v) is 11.5. The maximum atomic E-state index is 10.8. The minimum absolute atomic E-state index is 0.347. The molecule has 0 spiro atoms. The number of hydrogen-bond donors (Lipinski definition) is 0. The van der Waals surface area contributed by atoms with E-state index in [4.69, 9.17) is 0 Å². The molecular weight excluding hydrogens is 304 g/mol. The molecule has 0 aromatic heterocycles. The van der Waals surface area contributed by atoms with Gasteiger partial charge in [-0.3, -0.25) is 0 Å². The van der Waals surface area contributed by atoms with Crippen molar-refractivity contribution in [1.29, 1.82) is 0 Å². The molecular formula is C12H8O6S2-2. The van der Waals surface area contributed by atoms with Gasteiger partial charge in [0.1, 0.15) is 20.2 Å². The van der Waals surface area contributed by atoms with E-state index in [1.165, 1.54) is 24.3 Å². The maximum absolute atomic E-state index is 10.8. The van der Waals surface area contributed by atoms with Crippen LogP contribution in [-0.2, 0) is 20.2 Å². The second kappa shape index (κ2) is 4.98. The van der Waals surface area contributed by atoms with E-state index in [2.05, 4.69) is 0 Å². The van der Waals surface area contributed by atoms with Crippen molar-refractivity contribution in [2.45, 2.75) is 9.79 Å². The van der Waals surface area contributed by atoms with Gasteiger partial charge in [-0.25, -0.2) is 16.8 Å². The normalized spacial score (nSPS) is 12.3. The van der Waals surface area contributed by atoms with Gasteiger partial charge in [0.2, 0.25) is 0 Å². The Labute approximate surface area is 116 Å². The highest BCUT2D eigenvalue weighted by Gasteiger charge is 2.04. The van der Waals surface area contributed by atoms with Crippen LogP contribution in [0.1, 0.15) is 0 Å². The Bertz CT molecular complexity index is 745. The van der Waals surface area contributed by atoms with Crippen LogP contribution >= 0.6 is 0 Å². The molecule has 106 valence electrons. The van der Waals surface area contributed by atoms with E-state index in [9.17, 15) is 25.9 Å². The van der Waals surface area contributed by atoms with Crippen molar-refractivity contribution >= 4 is 20.2 Å². The van der Waals surface area contributed by atoms with Crippen LogP contribution in [0.25, 0.3) is 11.1 Å². The van der Waals surface area contributed by atoms with Crippen LogP contribution < -0.4 is 0 Å². The molecule has 0 aliphatic carbocycles. The zero-order valence-electron chi connectivity index (χ0n) is 9.88. The molecule has 0 aliphatic heterocycles. The molecule has 0 bridgehead atoms. The summed E-state index contributed by atoms with van der Waals surface area (Å²) >= 11 is 0. The SMILES string of the molecule is O=S(=O)([O-])c1ccc(-c2ccc(S(=O)(=O)[O-])cc2)cc1. The van der Waals surface area contributed by atoms with Gasteiger partial charge in [0.05, 0.1) is 9.79 Å². The van der Waals surface area contributed by atoms with Crippen molar-refractivity contribution in [2.24, 2.45) is 0 Å². The van der Waals surface area contributed by atoms with Crippen LogP contribution in [0.4, 0.5) is 0 Å². The first-order chi connectivity index (χ1) is 9.18. The van der Waals surface area contributed by atoms with E-state index in [0.717, 1.165) is 24.3 Å². The molecule has 0 radical (unpaired) electrons. The molecule has 0 unspecified atom stereocenters. The van der Waals surface area contributed by atoms with E-state index in [1.54, 1.807) is 0 Å². The summed E-state index contributed by atoms with van der Waals surface area (Å²) in [6.45, 7) is 0. The molecule has 20 heavy (non-hydrogen) atoms. The second-order valence-corrected chi connectivity index (χ2v) is 6.72. The highest BCUT2D eigenvalue weighted by atomic mass is 32.2. The lowest BCUT2D eigenvalue weighted by molar-refractivity contribution is 0.461. The van der Waals surface area contributed by atoms with Gasteiger partial charge >= 0.3 is 0 Å². The average molecular weight is 312 g/mol. The Hall–Kier alpha value is -1.74. The van der Waals surface area contributed by atoms with Gasteiger partial charge in [0, 0.05) is 0 Å². The van der Waals surface area contributed by atoms with Crippen molar-refractivity contribution in [3.63, 3.8) is 0 Å². The summed E-state index contributed by atoms with van der Waals surface area (Å²) in [6, 6.07) is 10.3. The molecule has 0 fully saturated rings. The summed E-state index contributed by atoms with van der Waals surface area (Å²) in [5.41, 5.74) is 1.18. The first-order valence-corrected chi connectivity index (χ1v) is 8.12. The number of benzene rings is 2. The first-order valence-electron chi connectivity index (χ1n) is 5.30. The molecule has 0 aliphatic rings. The fraction of sp³-hybridized carbons (Fsp3) is 0. The van der Waals surface area contributed by atoms with Gasteiger partial charge in [-0.1, -0.05) is 24.3 Å². The van der Waals surface area contributed by atoms with E-state index < -0.39 is 20.2 Å². The van der Waals surface area contributed by atoms with Crippen molar-refractivity contribution < 1.29 is 25.9 Å². The standard InChI is InChI=1S/C12H10O6S2/c13-19(14,15)11-5-1-9(2-6-11)10-3-7-12(8-4-10)20(16,17)18/h1-8H,(H,13,14,15)(H,16,17,18)/p-2. The second-order valence-electron chi connectivity index (χ2n) is 3.96. The highest BCUT2D eigenvalue weighted by molar-refractivity contribution is 7.86. The molecule has 2 aromatic carbocycles. The predicted molar refractivity (Wildman–Crippen MR) is 67.8 cm³/mol. The first kappa shape index (κ1) is 14.7. The summed E-state index contributed by atoms with van der Waals surface area (Å²) in [5.74, 6) is 0. The predicted octanol–water partition coefficient (Wildman–Crippen LogP) is 1.16. The van der Waals surface area contributed by atoms with E-state index in [0.29, 0.717) is 11.1 Å². The minimum atomic E-state index is -4.50. The topological polar surface area (TPSA) is 114 Å². The molecule has 6 nitrogen and oxygen atoms in total. The van der Waals surface area contributed by atoms with E-state index in [1.807, 2.05) is 0 Å². The Morgan fingerprint density at radius 1 is 0.550 bits per heavy atom. The Balaban J connectivity index is 2.38. The quantitative estimate of drug-likeness (QED) is 0.785. The molecule has 0 N–H and O–H groups in total. The van der Waals surface area contributed by atoms with Gasteiger partial charge in [-0.15, -0.1) is 0 Å². The van der Waals surface area contributed by atoms with Gasteiger partial charge in [-0.05, 0) is 35.4 Å². The molecule has 2 rings (SSSR count). The van der Waals surface area contributed by atoms with Crippen LogP contribution in [0, 0.1) is 0 Å². The molecule has 0 saturated heterocycles. The number of rotatable bonds is 3. The van der Waals surface area contributed by atoms with Crippen LogP contribution in [0.5, 0.6) is 0 Å².